The van der Waals surface area contributed by atoms with E-state index in [0.29, 0.717) is 13.1 Å². The molecule has 1 aliphatic rings. The van der Waals surface area contributed by atoms with Crippen LogP contribution in [0.3, 0.4) is 0 Å². The SMILES string of the molecule is CCN(C1CCCNC1)S(=O)(=O)CCS(C)(=O)=O. The molecule has 0 aliphatic carbocycles. The molecule has 0 spiro atoms. The van der Waals surface area contributed by atoms with Crippen LogP contribution >= 0.6 is 0 Å². The quantitative estimate of drug-likeness (QED) is 0.710. The predicted molar refractivity (Wildman–Crippen MR) is 71.8 cm³/mol. The zero-order chi connectivity index (χ0) is 13.8. The normalized spacial score (nSPS) is 22.3. The molecule has 0 aromatic rings. The van der Waals surface area contributed by atoms with E-state index >= 15 is 0 Å². The van der Waals surface area contributed by atoms with Gasteiger partial charge >= 0.3 is 0 Å². The minimum atomic E-state index is -3.49. The number of piperidine rings is 1. The Hall–Kier alpha value is -0.180. The number of sulfone groups is 1. The van der Waals surface area contributed by atoms with Crippen molar-refractivity contribution < 1.29 is 16.8 Å². The van der Waals surface area contributed by atoms with Crippen LogP contribution in [-0.2, 0) is 19.9 Å². The van der Waals surface area contributed by atoms with Gasteiger partial charge in [-0.2, -0.15) is 4.31 Å². The summed E-state index contributed by atoms with van der Waals surface area (Å²) in [5, 5.41) is 3.17. The molecule has 108 valence electrons. The van der Waals surface area contributed by atoms with Crippen molar-refractivity contribution in [2.45, 2.75) is 25.8 Å². The van der Waals surface area contributed by atoms with E-state index in [1.165, 1.54) is 4.31 Å². The third kappa shape index (κ3) is 4.83. The minimum Gasteiger partial charge on any atom is -0.315 e. The van der Waals surface area contributed by atoms with E-state index < -0.39 is 19.9 Å². The molecule has 1 rings (SSSR count). The Labute approximate surface area is 110 Å². The van der Waals surface area contributed by atoms with E-state index in [0.717, 1.165) is 25.6 Å². The van der Waals surface area contributed by atoms with Crippen LogP contribution in [0.1, 0.15) is 19.8 Å². The molecular formula is C10H22N2O4S2. The molecule has 0 aromatic heterocycles. The fraction of sp³-hybridized carbons (Fsp3) is 1.00. The maximum atomic E-state index is 12.1. The van der Waals surface area contributed by atoms with Crippen molar-refractivity contribution >= 4 is 19.9 Å². The fourth-order valence-electron chi connectivity index (χ4n) is 2.14. The summed E-state index contributed by atoms with van der Waals surface area (Å²) in [6, 6.07) is -0.0479. The average Bonchev–Trinajstić information content (AvgIpc) is 2.28. The number of sulfonamides is 1. The van der Waals surface area contributed by atoms with Gasteiger partial charge < -0.3 is 5.32 Å². The molecule has 0 saturated carbocycles. The van der Waals surface area contributed by atoms with Gasteiger partial charge in [0.1, 0.15) is 9.84 Å². The second-order valence-corrected chi connectivity index (χ2v) is 8.95. The molecule has 6 nitrogen and oxygen atoms in total. The fourth-order valence-corrected chi connectivity index (χ4v) is 5.45. The molecule has 0 radical (unpaired) electrons. The number of hydrogen-bond acceptors (Lipinski definition) is 5. The molecule has 1 aliphatic heterocycles. The van der Waals surface area contributed by atoms with Crippen LogP contribution in [0.15, 0.2) is 0 Å². The summed E-state index contributed by atoms with van der Waals surface area (Å²) in [6.07, 6.45) is 2.84. The van der Waals surface area contributed by atoms with Crippen molar-refractivity contribution in [3.8, 4) is 0 Å². The molecule has 1 saturated heterocycles. The molecule has 8 heteroatoms. The lowest BCUT2D eigenvalue weighted by Gasteiger charge is -2.32. The van der Waals surface area contributed by atoms with E-state index in [9.17, 15) is 16.8 Å². The molecule has 18 heavy (non-hydrogen) atoms. The second kappa shape index (κ2) is 6.31. The third-order valence-electron chi connectivity index (χ3n) is 3.06. The number of rotatable bonds is 6. The van der Waals surface area contributed by atoms with Crippen molar-refractivity contribution in [3.63, 3.8) is 0 Å². The molecule has 0 bridgehead atoms. The Kier molecular flexibility index (Phi) is 5.57. The largest absolute Gasteiger partial charge is 0.315 e. The van der Waals surface area contributed by atoms with Crippen LogP contribution in [0, 0.1) is 0 Å². The highest BCUT2D eigenvalue weighted by atomic mass is 32.2. The topological polar surface area (TPSA) is 83.6 Å². The van der Waals surface area contributed by atoms with Crippen molar-refractivity contribution in [1.29, 1.82) is 0 Å². The Morgan fingerprint density at radius 2 is 1.89 bits per heavy atom. The molecule has 1 fully saturated rings. The summed E-state index contributed by atoms with van der Waals surface area (Å²) < 4.78 is 47.9. The van der Waals surface area contributed by atoms with Crippen LogP contribution < -0.4 is 5.32 Å². The highest BCUT2D eigenvalue weighted by Crippen LogP contribution is 2.15. The average molecular weight is 298 g/mol. The van der Waals surface area contributed by atoms with E-state index in [4.69, 9.17) is 0 Å². The Morgan fingerprint density at radius 1 is 1.22 bits per heavy atom. The van der Waals surface area contributed by atoms with Crippen LogP contribution in [0.2, 0.25) is 0 Å². The lowest BCUT2D eigenvalue weighted by Crippen LogP contribution is -2.49. The summed E-state index contributed by atoms with van der Waals surface area (Å²) in [6.45, 7) is 3.73. The highest BCUT2D eigenvalue weighted by Gasteiger charge is 2.30. The lowest BCUT2D eigenvalue weighted by atomic mass is 10.1. The number of hydrogen-bond donors (Lipinski definition) is 1. The first-order valence-corrected chi connectivity index (χ1v) is 9.81. The molecule has 1 atom stereocenters. The summed E-state index contributed by atoms with van der Waals surface area (Å²) in [5.74, 6) is -0.637. The maximum absolute atomic E-state index is 12.1. The summed E-state index contributed by atoms with van der Waals surface area (Å²) >= 11 is 0. The van der Waals surface area contributed by atoms with Gasteiger partial charge in [0.15, 0.2) is 0 Å². The predicted octanol–water partition coefficient (Wildman–Crippen LogP) is -0.565. The molecule has 1 N–H and O–H groups in total. The van der Waals surface area contributed by atoms with Crippen LogP contribution in [-0.4, -0.2) is 64.6 Å². The van der Waals surface area contributed by atoms with Gasteiger partial charge in [-0.3, -0.25) is 0 Å². The number of nitrogens with one attached hydrogen (secondary N) is 1. The summed E-state index contributed by atoms with van der Waals surface area (Å²) in [5.41, 5.74) is 0. The van der Waals surface area contributed by atoms with E-state index in [1.54, 1.807) is 6.92 Å². The van der Waals surface area contributed by atoms with Crippen LogP contribution in [0.4, 0.5) is 0 Å². The van der Waals surface area contributed by atoms with E-state index in [-0.39, 0.29) is 17.5 Å². The standard InChI is InChI=1S/C10H22N2O4S2/c1-3-12(10-5-4-6-11-9-10)18(15,16)8-7-17(2,13)14/h10-11H,3-9H2,1-2H3. The molecular weight excluding hydrogens is 276 g/mol. The van der Waals surface area contributed by atoms with Gasteiger partial charge in [0, 0.05) is 25.4 Å². The first-order valence-electron chi connectivity index (χ1n) is 6.14. The van der Waals surface area contributed by atoms with Gasteiger partial charge in [-0.25, -0.2) is 16.8 Å². The molecule has 1 heterocycles. The van der Waals surface area contributed by atoms with Gasteiger partial charge in [-0.1, -0.05) is 6.92 Å². The van der Waals surface area contributed by atoms with Crippen LogP contribution in [0.5, 0.6) is 0 Å². The summed E-state index contributed by atoms with van der Waals surface area (Å²) in [7, 11) is -6.74. The maximum Gasteiger partial charge on any atom is 0.215 e. The summed E-state index contributed by atoms with van der Waals surface area (Å²) in [4.78, 5) is 0. The lowest BCUT2D eigenvalue weighted by molar-refractivity contribution is 0.275. The Bertz CT molecular complexity index is 452. The molecule has 0 aromatic carbocycles. The van der Waals surface area contributed by atoms with Crippen LogP contribution in [0.25, 0.3) is 0 Å². The molecule has 1 unspecified atom stereocenters. The van der Waals surface area contributed by atoms with E-state index in [2.05, 4.69) is 5.32 Å². The number of likely N-dealkylation sites (N-methyl/N-ethyl adjacent to an activating group) is 1. The van der Waals surface area contributed by atoms with Gasteiger partial charge in [0.25, 0.3) is 0 Å². The third-order valence-corrected chi connectivity index (χ3v) is 6.25. The van der Waals surface area contributed by atoms with Crippen molar-refractivity contribution in [3.05, 3.63) is 0 Å². The van der Waals surface area contributed by atoms with Gasteiger partial charge in [-0.15, -0.1) is 0 Å². The minimum absolute atomic E-state index is 0.0479. The zero-order valence-electron chi connectivity index (χ0n) is 10.9. The smallest absolute Gasteiger partial charge is 0.215 e. The van der Waals surface area contributed by atoms with Gasteiger partial charge in [0.05, 0.1) is 11.5 Å². The zero-order valence-corrected chi connectivity index (χ0v) is 12.6. The van der Waals surface area contributed by atoms with Crippen molar-refractivity contribution in [2.75, 3.05) is 37.4 Å². The van der Waals surface area contributed by atoms with Crippen molar-refractivity contribution in [2.24, 2.45) is 0 Å². The monoisotopic (exact) mass is 298 g/mol. The molecule has 0 amide bonds. The Balaban J connectivity index is 2.73. The van der Waals surface area contributed by atoms with Gasteiger partial charge in [0.2, 0.25) is 10.0 Å². The van der Waals surface area contributed by atoms with Gasteiger partial charge in [-0.05, 0) is 19.4 Å². The van der Waals surface area contributed by atoms with Crippen molar-refractivity contribution in [1.82, 2.24) is 9.62 Å². The number of nitrogens with zero attached hydrogens (tertiary/aromatic N) is 1. The van der Waals surface area contributed by atoms with E-state index in [1.807, 2.05) is 0 Å². The first kappa shape index (κ1) is 15.9. The Morgan fingerprint density at radius 3 is 2.33 bits per heavy atom. The first-order chi connectivity index (χ1) is 8.26. The highest BCUT2D eigenvalue weighted by molar-refractivity contribution is 7.93. The second-order valence-electron chi connectivity index (χ2n) is 4.65.